The van der Waals surface area contributed by atoms with Crippen molar-refractivity contribution in [1.29, 1.82) is 0 Å². The highest BCUT2D eigenvalue weighted by Gasteiger charge is 2.43. The first-order valence-corrected chi connectivity index (χ1v) is 6.14. The molecule has 4 atom stereocenters. The van der Waals surface area contributed by atoms with Gasteiger partial charge >= 0.3 is 0 Å². The first kappa shape index (κ1) is 8.67. The summed E-state index contributed by atoms with van der Waals surface area (Å²) >= 11 is 2.67. The zero-order valence-electron chi connectivity index (χ0n) is 7.91. The molecule has 2 aliphatic rings. The third-order valence-electron chi connectivity index (χ3n) is 3.12. The average Bonchev–Trinajstić information content (AvgIpc) is 2.82. The molecule has 0 spiro atoms. The summed E-state index contributed by atoms with van der Waals surface area (Å²) in [5.41, 5.74) is 2.29. The lowest BCUT2D eigenvalue weighted by atomic mass is 9.77. The summed E-state index contributed by atoms with van der Waals surface area (Å²) in [7, 11) is 0. The molecule has 0 radical (unpaired) electrons. The molecule has 0 fully saturated rings. The van der Waals surface area contributed by atoms with Crippen LogP contribution in [0, 0.1) is 0 Å². The maximum Gasteiger partial charge on any atom is 0.0959 e. The van der Waals surface area contributed by atoms with Crippen molar-refractivity contribution in [2.24, 2.45) is 8.73 Å². The quantitative estimate of drug-likeness (QED) is 0.679. The Balaban J connectivity index is 2.13. The average molecular weight is 226 g/mol. The van der Waals surface area contributed by atoms with Crippen molar-refractivity contribution in [1.82, 2.24) is 8.75 Å². The van der Waals surface area contributed by atoms with Gasteiger partial charge in [0.05, 0.1) is 46.6 Å². The SMILES string of the molecule is CC1c2nsnc2C(C)C2N=S=NC12. The number of nitrogens with zero attached hydrogens (tertiary/aromatic N) is 4. The summed E-state index contributed by atoms with van der Waals surface area (Å²) < 4.78 is 17.6. The predicted molar refractivity (Wildman–Crippen MR) is 56.5 cm³/mol. The van der Waals surface area contributed by atoms with Gasteiger partial charge in [0.25, 0.3) is 0 Å². The Morgan fingerprint density at radius 1 is 0.929 bits per heavy atom. The molecular weight excluding hydrogens is 216 g/mol. The number of hydrogen-bond donors (Lipinski definition) is 0. The van der Waals surface area contributed by atoms with Crippen LogP contribution >= 0.6 is 11.7 Å². The highest BCUT2D eigenvalue weighted by molar-refractivity contribution is 7.57. The van der Waals surface area contributed by atoms with Crippen LogP contribution in [-0.2, 0) is 11.4 Å². The smallest absolute Gasteiger partial charge is 0.0959 e. The molecule has 0 saturated carbocycles. The van der Waals surface area contributed by atoms with E-state index in [2.05, 4.69) is 31.3 Å². The van der Waals surface area contributed by atoms with E-state index in [0.29, 0.717) is 23.9 Å². The fourth-order valence-electron chi connectivity index (χ4n) is 2.19. The molecule has 74 valence electrons. The van der Waals surface area contributed by atoms with Gasteiger partial charge < -0.3 is 0 Å². The van der Waals surface area contributed by atoms with Gasteiger partial charge in [-0.1, -0.05) is 13.8 Å². The van der Waals surface area contributed by atoms with Gasteiger partial charge in [0, 0.05) is 11.8 Å². The minimum Gasteiger partial charge on any atom is -0.207 e. The molecular formula is C8H10N4S2. The van der Waals surface area contributed by atoms with E-state index in [1.165, 1.54) is 23.1 Å². The van der Waals surface area contributed by atoms with Gasteiger partial charge in [-0.05, 0) is 0 Å². The normalized spacial score (nSPS) is 39.0. The third kappa shape index (κ3) is 0.980. The van der Waals surface area contributed by atoms with E-state index in [4.69, 9.17) is 0 Å². The molecule has 1 aliphatic carbocycles. The van der Waals surface area contributed by atoms with Crippen LogP contribution < -0.4 is 0 Å². The van der Waals surface area contributed by atoms with Gasteiger partial charge in [-0.2, -0.15) is 8.75 Å². The van der Waals surface area contributed by atoms with Gasteiger partial charge in [0.1, 0.15) is 0 Å². The molecule has 4 nitrogen and oxygen atoms in total. The number of rotatable bonds is 0. The highest BCUT2D eigenvalue weighted by atomic mass is 32.1. The number of hydrogen-bond acceptors (Lipinski definition) is 5. The fraction of sp³-hybridized carbons (Fsp3) is 0.750. The first-order valence-electron chi connectivity index (χ1n) is 4.68. The van der Waals surface area contributed by atoms with E-state index in [1.807, 2.05) is 0 Å². The Morgan fingerprint density at radius 3 is 1.93 bits per heavy atom. The Labute approximate surface area is 90.0 Å². The van der Waals surface area contributed by atoms with E-state index >= 15 is 0 Å². The van der Waals surface area contributed by atoms with E-state index in [-0.39, 0.29) is 0 Å². The zero-order valence-corrected chi connectivity index (χ0v) is 9.55. The minimum atomic E-state index is 0.311. The summed E-state index contributed by atoms with van der Waals surface area (Å²) in [5.74, 6) is 0.757. The van der Waals surface area contributed by atoms with Crippen LogP contribution in [-0.4, -0.2) is 20.8 Å². The predicted octanol–water partition coefficient (Wildman–Crippen LogP) is 1.96. The molecule has 3 rings (SSSR count). The number of aromatic nitrogens is 2. The molecule has 14 heavy (non-hydrogen) atoms. The molecule has 0 saturated heterocycles. The van der Waals surface area contributed by atoms with Crippen LogP contribution in [0.3, 0.4) is 0 Å². The second-order valence-electron chi connectivity index (χ2n) is 3.89. The van der Waals surface area contributed by atoms with Crippen LogP contribution in [0.5, 0.6) is 0 Å². The van der Waals surface area contributed by atoms with Crippen LogP contribution in [0.25, 0.3) is 0 Å². The van der Waals surface area contributed by atoms with Crippen LogP contribution in [0.1, 0.15) is 37.1 Å². The second-order valence-corrected chi connectivity index (χ2v) is 5.00. The van der Waals surface area contributed by atoms with Crippen molar-refractivity contribution < 1.29 is 0 Å². The molecule has 1 aromatic heterocycles. The summed E-state index contributed by atoms with van der Waals surface area (Å²) in [6, 6.07) is 0.623. The van der Waals surface area contributed by atoms with E-state index < -0.39 is 0 Å². The van der Waals surface area contributed by atoms with Crippen molar-refractivity contribution in [3.63, 3.8) is 0 Å². The van der Waals surface area contributed by atoms with Gasteiger partial charge in [-0.25, -0.2) is 8.73 Å². The zero-order chi connectivity index (χ0) is 9.71. The topological polar surface area (TPSA) is 50.5 Å². The van der Waals surface area contributed by atoms with E-state index in [9.17, 15) is 0 Å². The lowest BCUT2D eigenvalue weighted by Gasteiger charge is -2.30. The Morgan fingerprint density at radius 2 is 1.43 bits per heavy atom. The van der Waals surface area contributed by atoms with Crippen LogP contribution in [0.15, 0.2) is 8.73 Å². The highest BCUT2D eigenvalue weighted by Crippen LogP contribution is 2.41. The third-order valence-corrected chi connectivity index (χ3v) is 4.35. The maximum absolute atomic E-state index is 4.45. The fourth-order valence-corrected chi connectivity index (χ4v) is 3.82. The second kappa shape index (κ2) is 2.93. The monoisotopic (exact) mass is 226 g/mol. The van der Waals surface area contributed by atoms with Crippen molar-refractivity contribution >= 4 is 23.1 Å². The van der Waals surface area contributed by atoms with Crippen molar-refractivity contribution in [2.75, 3.05) is 0 Å². The van der Waals surface area contributed by atoms with Crippen molar-refractivity contribution in [2.45, 2.75) is 37.8 Å². The summed E-state index contributed by atoms with van der Waals surface area (Å²) in [5, 5.41) is 0. The minimum absolute atomic E-state index is 0.311. The van der Waals surface area contributed by atoms with Crippen molar-refractivity contribution in [3.05, 3.63) is 11.4 Å². The maximum atomic E-state index is 4.45. The largest absolute Gasteiger partial charge is 0.207 e. The number of fused-ring (bicyclic) bond motifs is 2. The molecule has 0 N–H and O–H groups in total. The lowest BCUT2D eigenvalue weighted by Crippen LogP contribution is -2.35. The summed E-state index contributed by atoms with van der Waals surface area (Å²) in [4.78, 5) is 0. The van der Waals surface area contributed by atoms with Crippen LogP contribution in [0.4, 0.5) is 0 Å². The van der Waals surface area contributed by atoms with E-state index in [0.717, 1.165) is 11.4 Å². The summed E-state index contributed by atoms with van der Waals surface area (Å²) in [6.07, 6.45) is 0. The van der Waals surface area contributed by atoms with Crippen LogP contribution in [0.2, 0.25) is 0 Å². The lowest BCUT2D eigenvalue weighted by molar-refractivity contribution is 0.399. The standard InChI is InChI=1S/C8H10N4S2/c1-3-5-7(11-13-9-5)4(2)8-6(3)10-14-12-8/h3-5,7H,1-2H3. The first-order chi connectivity index (χ1) is 6.79. The molecule has 1 aromatic rings. The Kier molecular flexibility index (Phi) is 1.82. The molecule has 0 aromatic carbocycles. The molecule has 6 heteroatoms. The molecule has 1 aliphatic heterocycles. The van der Waals surface area contributed by atoms with Gasteiger partial charge in [-0.15, -0.1) is 0 Å². The Bertz CT molecular complexity index is 400. The Hall–Kier alpha value is -0.620. The molecule has 2 heterocycles. The summed E-state index contributed by atoms with van der Waals surface area (Å²) in [6.45, 7) is 4.35. The van der Waals surface area contributed by atoms with E-state index in [1.54, 1.807) is 0 Å². The van der Waals surface area contributed by atoms with Crippen molar-refractivity contribution in [3.8, 4) is 0 Å². The molecule has 0 amide bonds. The van der Waals surface area contributed by atoms with Gasteiger partial charge in [0.2, 0.25) is 0 Å². The van der Waals surface area contributed by atoms with Gasteiger partial charge in [-0.3, -0.25) is 0 Å². The molecule has 0 bridgehead atoms. The van der Waals surface area contributed by atoms with Gasteiger partial charge in [0.15, 0.2) is 0 Å². The molecule has 4 unspecified atom stereocenters.